The number of hydrogen-bond acceptors (Lipinski definition) is 6. The number of thiazole rings is 1. The molecule has 1 aliphatic carbocycles. The summed E-state index contributed by atoms with van der Waals surface area (Å²) >= 11 is 7.43. The third-order valence-electron chi connectivity index (χ3n) is 4.37. The van der Waals surface area contributed by atoms with Gasteiger partial charge in [-0.15, -0.1) is 22.9 Å². The maximum Gasteiger partial charge on any atom is 0.263 e. The summed E-state index contributed by atoms with van der Waals surface area (Å²) in [6.07, 6.45) is 3.82. The molecule has 1 saturated heterocycles. The molecule has 0 saturated carbocycles. The minimum Gasteiger partial charge on any atom is -0.378 e. The van der Waals surface area contributed by atoms with Crippen LogP contribution in [0.1, 0.15) is 26.0 Å². The van der Waals surface area contributed by atoms with Crippen LogP contribution in [-0.4, -0.2) is 55.4 Å². The maximum absolute atomic E-state index is 12.7. The molecule has 10 heteroatoms. The summed E-state index contributed by atoms with van der Waals surface area (Å²) in [6, 6.07) is 0. The van der Waals surface area contributed by atoms with Gasteiger partial charge in [-0.25, -0.2) is 13.4 Å². The van der Waals surface area contributed by atoms with E-state index >= 15 is 0 Å². The minimum atomic E-state index is -3.75. The third kappa shape index (κ3) is 5.10. The molecule has 0 bridgehead atoms. The highest BCUT2D eigenvalue weighted by Crippen LogP contribution is 2.34. The number of nitrogens with zero attached hydrogens (tertiary/aromatic N) is 2. The van der Waals surface area contributed by atoms with Crippen molar-refractivity contribution >= 4 is 44.0 Å². The van der Waals surface area contributed by atoms with E-state index in [0.717, 1.165) is 11.3 Å². The summed E-state index contributed by atoms with van der Waals surface area (Å²) in [6.45, 7) is 5.81. The van der Waals surface area contributed by atoms with Crippen molar-refractivity contribution in [2.75, 3.05) is 31.0 Å². The third-order valence-corrected chi connectivity index (χ3v) is 7.09. The number of halogens is 1. The van der Waals surface area contributed by atoms with Gasteiger partial charge in [0.05, 0.1) is 35.1 Å². The molecule has 1 aliphatic heterocycles. The molecule has 2 aliphatic rings. The van der Waals surface area contributed by atoms with Crippen LogP contribution in [0.3, 0.4) is 0 Å². The molecule has 1 N–H and O–H groups in total. The summed E-state index contributed by atoms with van der Waals surface area (Å²) in [5.74, 6) is -0.0341. The van der Waals surface area contributed by atoms with Crippen molar-refractivity contribution < 1.29 is 17.9 Å². The van der Waals surface area contributed by atoms with Gasteiger partial charge in [0.2, 0.25) is 5.91 Å². The van der Waals surface area contributed by atoms with Crippen LogP contribution in [0.5, 0.6) is 0 Å². The van der Waals surface area contributed by atoms with Gasteiger partial charge in [-0.1, -0.05) is 11.6 Å². The highest BCUT2D eigenvalue weighted by Gasteiger charge is 2.29. The van der Waals surface area contributed by atoms with E-state index in [2.05, 4.69) is 9.71 Å². The zero-order valence-electron chi connectivity index (χ0n) is 15.2. The smallest absolute Gasteiger partial charge is 0.263 e. The molecule has 1 aromatic rings. The number of aromatic nitrogens is 1. The Morgan fingerprint density at radius 1 is 1.44 bits per heavy atom. The predicted octanol–water partition coefficient (Wildman–Crippen LogP) is 2.52. The SMILES string of the molecule is CC1=C(S(=O)(=O)Nc2nc(CC(=O)N3CCOCC3)cs2)C=CC(C)(Cl)C1. The Kier molecular flexibility index (Phi) is 5.95. The summed E-state index contributed by atoms with van der Waals surface area (Å²) < 4.78 is 33.1. The van der Waals surface area contributed by atoms with Crippen LogP contribution in [0, 0.1) is 0 Å². The fraction of sp³-hybridized carbons (Fsp3) is 0.529. The fourth-order valence-corrected chi connectivity index (χ4v) is 5.56. The molecular weight excluding hydrogens is 410 g/mol. The zero-order valence-corrected chi connectivity index (χ0v) is 17.6. The number of sulfonamides is 1. The molecule has 2 heterocycles. The molecular formula is C17H22ClN3O4S2. The second-order valence-electron chi connectivity index (χ2n) is 6.85. The number of nitrogens with one attached hydrogen (secondary N) is 1. The fourth-order valence-electron chi connectivity index (χ4n) is 3.06. The van der Waals surface area contributed by atoms with E-state index in [9.17, 15) is 13.2 Å². The van der Waals surface area contributed by atoms with Gasteiger partial charge in [-0.3, -0.25) is 9.52 Å². The van der Waals surface area contributed by atoms with E-state index in [0.29, 0.717) is 44.0 Å². The van der Waals surface area contributed by atoms with E-state index < -0.39 is 14.9 Å². The van der Waals surface area contributed by atoms with Crippen molar-refractivity contribution in [3.8, 4) is 0 Å². The van der Waals surface area contributed by atoms with Gasteiger partial charge in [0.1, 0.15) is 0 Å². The molecule has 0 aromatic carbocycles. The van der Waals surface area contributed by atoms with Crippen molar-refractivity contribution in [1.29, 1.82) is 0 Å². The van der Waals surface area contributed by atoms with Crippen molar-refractivity contribution in [2.45, 2.75) is 31.6 Å². The molecule has 1 atom stereocenters. The van der Waals surface area contributed by atoms with E-state index in [1.54, 1.807) is 23.3 Å². The Morgan fingerprint density at radius 3 is 2.81 bits per heavy atom. The largest absolute Gasteiger partial charge is 0.378 e. The first-order chi connectivity index (χ1) is 12.7. The van der Waals surface area contributed by atoms with Crippen molar-refractivity contribution in [3.05, 3.63) is 33.7 Å². The first-order valence-corrected chi connectivity index (χ1v) is 11.3. The van der Waals surface area contributed by atoms with Crippen molar-refractivity contribution in [3.63, 3.8) is 0 Å². The molecule has 0 spiro atoms. The van der Waals surface area contributed by atoms with Crippen LogP contribution in [0.25, 0.3) is 0 Å². The monoisotopic (exact) mass is 431 g/mol. The summed E-state index contributed by atoms with van der Waals surface area (Å²) in [5, 5.41) is 1.94. The Balaban J connectivity index is 1.66. The second kappa shape index (κ2) is 7.90. The van der Waals surface area contributed by atoms with Crippen LogP contribution in [0.4, 0.5) is 5.13 Å². The predicted molar refractivity (Wildman–Crippen MR) is 106 cm³/mol. The van der Waals surface area contributed by atoms with Crippen LogP contribution < -0.4 is 4.72 Å². The molecule has 1 unspecified atom stereocenters. The zero-order chi connectivity index (χ0) is 19.7. The molecule has 7 nitrogen and oxygen atoms in total. The first kappa shape index (κ1) is 20.3. The molecule has 148 valence electrons. The van der Waals surface area contributed by atoms with Crippen molar-refractivity contribution in [1.82, 2.24) is 9.88 Å². The molecule has 1 amide bonds. The van der Waals surface area contributed by atoms with Gasteiger partial charge in [-0.2, -0.15) is 0 Å². The average Bonchev–Trinajstić information content (AvgIpc) is 3.00. The molecule has 3 rings (SSSR count). The number of carbonyl (C=O) groups excluding carboxylic acids is 1. The topological polar surface area (TPSA) is 88.6 Å². The summed E-state index contributed by atoms with van der Waals surface area (Å²) in [5.41, 5.74) is 1.24. The van der Waals surface area contributed by atoms with E-state index in [1.165, 1.54) is 6.08 Å². The number of carbonyl (C=O) groups is 1. The Morgan fingerprint density at radius 2 is 2.15 bits per heavy atom. The Labute approximate surface area is 168 Å². The highest BCUT2D eigenvalue weighted by atomic mass is 35.5. The quantitative estimate of drug-likeness (QED) is 0.723. The van der Waals surface area contributed by atoms with Gasteiger partial charge < -0.3 is 9.64 Å². The van der Waals surface area contributed by atoms with Gasteiger partial charge in [0.25, 0.3) is 10.0 Å². The van der Waals surface area contributed by atoms with Crippen LogP contribution in [0.15, 0.2) is 28.0 Å². The lowest BCUT2D eigenvalue weighted by Gasteiger charge is -2.26. The van der Waals surface area contributed by atoms with Crippen LogP contribution >= 0.6 is 22.9 Å². The number of ether oxygens (including phenoxy) is 1. The van der Waals surface area contributed by atoms with Gasteiger partial charge in [0.15, 0.2) is 5.13 Å². The van der Waals surface area contributed by atoms with Crippen LogP contribution in [0.2, 0.25) is 0 Å². The number of amides is 1. The van der Waals surface area contributed by atoms with Gasteiger partial charge >= 0.3 is 0 Å². The van der Waals surface area contributed by atoms with Crippen LogP contribution in [-0.2, 0) is 26.0 Å². The number of rotatable bonds is 5. The number of anilines is 1. The van der Waals surface area contributed by atoms with Gasteiger partial charge in [0, 0.05) is 18.5 Å². The Hall–Kier alpha value is -1.42. The van der Waals surface area contributed by atoms with Crippen molar-refractivity contribution in [2.24, 2.45) is 0 Å². The average molecular weight is 432 g/mol. The van der Waals surface area contributed by atoms with Gasteiger partial charge in [-0.05, 0) is 26.3 Å². The van der Waals surface area contributed by atoms with E-state index in [4.69, 9.17) is 16.3 Å². The molecule has 27 heavy (non-hydrogen) atoms. The maximum atomic E-state index is 12.7. The molecule has 1 aromatic heterocycles. The molecule has 0 radical (unpaired) electrons. The lowest BCUT2D eigenvalue weighted by Crippen LogP contribution is -2.41. The van der Waals surface area contributed by atoms with E-state index in [-0.39, 0.29) is 22.4 Å². The normalized spacial score (nSPS) is 23.6. The number of hydrogen-bond donors (Lipinski definition) is 1. The number of alkyl halides is 1. The number of allylic oxidation sites excluding steroid dienone is 3. The minimum absolute atomic E-state index is 0.0341. The second-order valence-corrected chi connectivity index (χ2v) is 10.2. The van der Waals surface area contributed by atoms with E-state index in [1.807, 2.05) is 6.92 Å². The Bertz CT molecular complexity index is 884. The molecule has 1 fully saturated rings. The lowest BCUT2D eigenvalue weighted by molar-refractivity contribution is -0.134. The number of morpholine rings is 1. The summed E-state index contributed by atoms with van der Waals surface area (Å²) in [4.78, 5) is 17.9. The highest BCUT2D eigenvalue weighted by molar-refractivity contribution is 7.96. The summed E-state index contributed by atoms with van der Waals surface area (Å²) in [7, 11) is -3.75. The standard InChI is InChI=1S/C17H22ClN3O4S2/c1-12-10-17(2,18)4-3-14(12)27(23,24)20-16-19-13(11-26-16)9-15(22)21-5-7-25-8-6-21/h3-4,11H,5-10H2,1-2H3,(H,19,20). The first-order valence-electron chi connectivity index (χ1n) is 8.57. The lowest BCUT2D eigenvalue weighted by atomic mass is 9.96.